The average molecular weight is 549 g/mol. The Morgan fingerprint density at radius 2 is 1.93 bits per heavy atom. The highest BCUT2D eigenvalue weighted by Gasteiger charge is 2.38. The number of nitrogens with one attached hydrogen (secondary N) is 1. The first kappa shape index (κ1) is 26.2. The summed E-state index contributed by atoms with van der Waals surface area (Å²) in [6, 6.07) is 9.95. The van der Waals surface area contributed by atoms with Gasteiger partial charge in [-0.05, 0) is 68.5 Å². The minimum Gasteiger partial charge on any atom is -0.492 e. The van der Waals surface area contributed by atoms with Crippen LogP contribution in [0.2, 0.25) is 0 Å². The normalized spacial score (nSPS) is 20.2. The number of carboxylic acid groups (broad SMARTS) is 1. The Labute approximate surface area is 229 Å². The first-order chi connectivity index (χ1) is 19.4. The summed E-state index contributed by atoms with van der Waals surface area (Å²) in [6.07, 6.45) is 7.06. The van der Waals surface area contributed by atoms with E-state index in [2.05, 4.69) is 10.3 Å². The van der Waals surface area contributed by atoms with Gasteiger partial charge >= 0.3 is 5.97 Å². The third kappa shape index (κ3) is 4.66. The fourth-order valence-corrected chi connectivity index (χ4v) is 6.02. The zero-order chi connectivity index (χ0) is 28.0. The Morgan fingerprint density at radius 3 is 2.62 bits per heavy atom. The minimum atomic E-state index is -1.30. The topological polar surface area (TPSA) is 96.7 Å². The second kappa shape index (κ2) is 10.5. The molecule has 2 aromatic heterocycles. The number of fused-ring (bicyclic) bond motifs is 3. The van der Waals surface area contributed by atoms with Crippen LogP contribution in [-0.4, -0.2) is 53.4 Å². The lowest BCUT2D eigenvalue weighted by molar-refractivity contribution is 0.0694. The summed E-state index contributed by atoms with van der Waals surface area (Å²) in [7, 11) is 1.48. The molecule has 1 aliphatic carbocycles. The van der Waals surface area contributed by atoms with E-state index in [0.29, 0.717) is 46.4 Å². The summed E-state index contributed by atoms with van der Waals surface area (Å²) < 4.78 is 35.7. The summed E-state index contributed by atoms with van der Waals surface area (Å²) in [4.78, 5) is 30.4. The lowest BCUT2D eigenvalue weighted by Crippen LogP contribution is -2.40. The van der Waals surface area contributed by atoms with E-state index in [0.717, 1.165) is 38.8 Å². The van der Waals surface area contributed by atoms with Gasteiger partial charge in [0.05, 0.1) is 23.5 Å². The number of aromatic nitrogens is 2. The molecular weight excluding hydrogens is 518 g/mol. The predicted octanol–water partition coefficient (Wildman–Crippen LogP) is 4.74. The maximum Gasteiger partial charge on any atom is 0.341 e. The highest BCUT2D eigenvalue weighted by atomic mass is 19.1. The summed E-state index contributed by atoms with van der Waals surface area (Å²) in [5, 5.41) is 13.6. The molecule has 10 heteroatoms. The van der Waals surface area contributed by atoms with Crippen LogP contribution in [0.1, 0.15) is 42.1 Å². The molecule has 2 N–H and O–H groups in total. The molecule has 2 saturated heterocycles. The molecule has 0 unspecified atom stereocenters. The maximum absolute atomic E-state index is 15.3. The number of methoxy groups -OCH3 is 1. The largest absolute Gasteiger partial charge is 0.492 e. The number of pyridine rings is 2. The van der Waals surface area contributed by atoms with Gasteiger partial charge in [0.25, 0.3) is 0 Å². The Morgan fingerprint density at radius 1 is 1.10 bits per heavy atom. The summed E-state index contributed by atoms with van der Waals surface area (Å²) in [5.41, 5.74) is 0.546. The number of carbonyl (C=O) groups is 1. The average Bonchev–Trinajstić information content (AvgIpc) is 3.71. The zero-order valence-corrected chi connectivity index (χ0v) is 22.1. The highest BCUT2D eigenvalue weighted by molar-refractivity contribution is 5.97. The van der Waals surface area contributed by atoms with Crippen LogP contribution in [0.5, 0.6) is 5.75 Å². The molecular formula is C30H30F2N4O4. The van der Waals surface area contributed by atoms with Gasteiger partial charge in [0.1, 0.15) is 17.1 Å². The number of ether oxygens (including phenoxy) is 1. The van der Waals surface area contributed by atoms with E-state index >= 15 is 4.39 Å². The van der Waals surface area contributed by atoms with Gasteiger partial charge in [0, 0.05) is 43.0 Å². The lowest BCUT2D eigenvalue weighted by atomic mass is 9.94. The SMILES string of the molecule is COc1c(N2C[C@@H]3CCCN[C@@H]3C2)c(F)cc2c(=O)c(C(=O)O)cn(C3CC3)c12.Fc1cccc2ncccc12. The second-order valence-electron chi connectivity index (χ2n) is 10.6. The number of hydrogen-bond donors (Lipinski definition) is 2. The Hall–Kier alpha value is -4.05. The summed E-state index contributed by atoms with van der Waals surface area (Å²) >= 11 is 0. The number of carboxylic acids is 1. The van der Waals surface area contributed by atoms with E-state index in [9.17, 15) is 19.1 Å². The molecule has 3 fully saturated rings. The molecule has 2 atom stereocenters. The van der Waals surface area contributed by atoms with Gasteiger partial charge in [-0.15, -0.1) is 0 Å². The molecule has 1 saturated carbocycles. The monoisotopic (exact) mass is 548 g/mol. The molecule has 2 aromatic carbocycles. The molecule has 0 amide bonds. The molecule has 2 aliphatic heterocycles. The molecule has 0 bridgehead atoms. The van der Waals surface area contributed by atoms with Crippen molar-refractivity contribution >= 4 is 33.5 Å². The van der Waals surface area contributed by atoms with Crippen LogP contribution in [0.15, 0.2) is 53.6 Å². The van der Waals surface area contributed by atoms with E-state index < -0.39 is 17.2 Å². The van der Waals surface area contributed by atoms with Crippen molar-refractivity contribution in [3.63, 3.8) is 0 Å². The lowest BCUT2D eigenvalue weighted by Gasteiger charge is -2.25. The summed E-state index contributed by atoms with van der Waals surface area (Å²) in [5.74, 6) is -1.28. The van der Waals surface area contributed by atoms with Crippen molar-refractivity contribution in [2.24, 2.45) is 5.92 Å². The van der Waals surface area contributed by atoms with E-state index in [1.807, 2.05) is 4.90 Å². The molecule has 4 aromatic rings. The van der Waals surface area contributed by atoms with E-state index in [1.165, 1.54) is 25.4 Å². The van der Waals surface area contributed by atoms with Crippen LogP contribution < -0.4 is 20.4 Å². The Kier molecular flexibility index (Phi) is 6.87. The quantitative estimate of drug-likeness (QED) is 0.380. The molecule has 4 heterocycles. The molecule has 40 heavy (non-hydrogen) atoms. The van der Waals surface area contributed by atoms with Gasteiger partial charge in [-0.25, -0.2) is 13.6 Å². The third-order valence-electron chi connectivity index (χ3n) is 8.08. The van der Waals surface area contributed by atoms with Crippen molar-refractivity contribution in [3.05, 3.63) is 76.2 Å². The number of benzene rings is 2. The number of halogens is 2. The predicted molar refractivity (Wildman–Crippen MR) is 148 cm³/mol. The number of piperidine rings is 1. The van der Waals surface area contributed by atoms with Crippen LogP contribution in [0.3, 0.4) is 0 Å². The minimum absolute atomic E-state index is 0.0599. The van der Waals surface area contributed by atoms with Crippen molar-refractivity contribution in [1.82, 2.24) is 14.9 Å². The van der Waals surface area contributed by atoms with Crippen LogP contribution >= 0.6 is 0 Å². The number of hydrogen-bond acceptors (Lipinski definition) is 6. The van der Waals surface area contributed by atoms with Gasteiger partial charge < -0.3 is 24.6 Å². The van der Waals surface area contributed by atoms with Gasteiger partial charge in [-0.1, -0.05) is 6.07 Å². The van der Waals surface area contributed by atoms with Gasteiger partial charge in [-0.2, -0.15) is 0 Å². The molecule has 7 rings (SSSR count). The van der Waals surface area contributed by atoms with E-state index in [1.54, 1.807) is 35.0 Å². The van der Waals surface area contributed by atoms with Crippen LogP contribution in [0, 0.1) is 17.6 Å². The fourth-order valence-electron chi connectivity index (χ4n) is 6.02. The van der Waals surface area contributed by atoms with Crippen LogP contribution in [-0.2, 0) is 0 Å². The van der Waals surface area contributed by atoms with Gasteiger partial charge in [0.15, 0.2) is 11.6 Å². The molecule has 8 nitrogen and oxygen atoms in total. The molecule has 0 spiro atoms. The second-order valence-corrected chi connectivity index (χ2v) is 10.6. The van der Waals surface area contributed by atoms with Crippen LogP contribution in [0.4, 0.5) is 14.5 Å². The zero-order valence-electron chi connectivity index (χ0n) is 22.1. The molecule has 3 aliphatic rings. The van der Waals surface area contributed by atoms with E-state index in [4.69, 9.17) is 4.74 Å². The summed E-state index contributed by atoms with van der Waals surface area (Å²) in [6.45, 7) is 2.40. The number of aromatic carboxylic acids is 1. The van der Waals surface area contributed by atoms with Crippen molar-refractivity contribution < 1.29 is 23.4 Å². The smallest absolute Gasteiger partial charge is 0.341 e. The number of nitrogens with zero attached hydrogens (tertiary/aromatic N) is 3. The van der Waals surface area contributed by atoms with E-state index in [-0.39, 0.29) is 22.8 Å². The fraction of sp³-hybridized carbons (Fsp3) is 0.367. The van der Waals surface area contributed by atoms with Crippen molar-refractivity contribution in [3.8, 4) is 5.75 Å². The standard InChI is InChI=1S/C21H24FN3O4.C9H6FN/c1-29-20-17-13(19(26)14(21(27)28)9-25(17)12-4-5-12)7-15(22)18(20)24-8-11-3-2-6-23-16(11)10-24;10-8-4-1-5-9-7(8)3-2-6-11-9/h7,9,11-12,16,23H,2-6,8,10H2,1H3,(H,27,28);1-6H/t11-,16+;/m0./s1. The van der Waals surface area contributed by atoms with Gasteiger partial charge in [-0.3, -0.25) is 9.78 Å². The Bertz CT molecular complexity index is 1650. The Balaban J connectivity index is 0.000000219. The highest BCUT2D eigenvalue weighted by Crippen LogP contribution is 2.45. The van der Waals surface area contributed by atoms with Crippen molar-refractivity contribution in [2.45, 2.75) is 37.8 Å². The first-order valence-corrected chi connectivity index (χ1v) is 13.5. The van der Waals surface area contributed by atoms with Crippen LogP contribution in [0.25, 0.3) is 21.8 Å². The molecule has 208 valence electrons. The number of rotatable bonds is 4. The van der Waals surface area contributed by atoms with Gasteiger partial charge in [0.2, 0.25) is 5.43 Å². The molecule has 0 radical (unpaired) electrons. The third-order valence-corrected chi connectivity index (χ3v) is 8.08. The first-order valence-electron chi connectivity index (χ1n) is 13.5. The maximum atomic E-state index is 15.3. The van der Waals surface area contributed by atoms with Crippen molar-refractivity contribution in [2.75, 3.05) is 31.6 Å². The number of anilines is 1. The van der Waals surface area contributed by atoms with Crippen molar-refractivity contribution in [1.29, 1.82) is 0 Å².